The minimum Gasteiger partial charge on any atom is -0.491 e. The highest BCUT2D eigenvalue weighted by molar-refractivity contribution is 5.76. The summed E-state index contributed by atoms with van der Waals surface area (Å²) in [7, 11) is 1.54. The Morgan fingerprint density at radius 2 is 1.97 bits per heavy atom. The number of carboxylic acid groups (broad SMARTS) is 1. The Morgan fingerprint density at radius 3 is 2.56 bits per heavy atom. The van der Waals surface area contributed by atoms with Gasteiger partial charge in [0.15, 0.2) is 17.2 Å². The van der Waals surface area contributed by atoms with Crippen molar-refractivity contribution < 1.29 is 27.8 Å². The Labute approximate surface area is 184 Å². The van der Waals surface area contributed by atoms with Gasteiger partial charge in [-0.3, -0.25) is 4.79 Å². The molecule has 32 heavy (non-hydrogen) atoms. The van der Waals surface area contributed by atoms with Crippen LogP contribution in [-0.4, -0.2) is 52.0 Å². The molecule has 2 aromatic heterocycles. The fourth-order valence-electron chi connectivity index (χ4n) is 5.13. The van der Waals surface area contributed by atoms with E-state index in [2.05, 4.69) is 4.98 Å². The normalized spacial score (nSPS) is 27.0. The van der Waals surface area contributed by atoms with Crippen molar-refractivity contribution in [3.8, 4) is 5.75 Å². The molecule has 0 bridgehead atoms. The van der Waals surface area contributed by atoms with E-state index >= 15 is 0 Å². The molecule has 4 rings (SSSR count). The standard InChI is InChI=1S/C22H29F3N4O3/c1-13-18(32-3)19(28-10-4-9-21(2,12-28)20(30)31)29-17(26-13)11-16(27-29)14-5-7-15(8-6-14)22(23,24)25/h11,14-15H,4-10,12H2,1-3H3,(H,30,31)/t14-,15-,21-/m1/s1. The van der Waals surface area contributed by atoms with Gasteiger partial charge in [-0.2, -0.15) is 22.8 Å². The third-order valence-corrected chi connectivity index (χ3v) is 7.05. The van der Waals surface area contributed by atoms with E-state index in [1.165, 1.54) is 0 Å². The highest BCUT2D eigenvalue weighted by Gasteiger charge is 2.42. The quantitative estimate of drug-likeness (QED) is 0.729. The summed E-state index contributed by atoms with van der Waals surface area (Å²) in [5, 5.41) is 14.5. The summed E-state index contributed by atoms with van der Waals surface area (Å²) in [4.78, 5) is 18.5. The maximum atomic E-state index is 13.1. The van der Waals surface area contributed by atoms with Gasteiger partial charge >= 0.3 is 12.1 Å². The van der Waals surface area contributed by atoms with E-state index in [0.717, 1.165) is 5.69 Å². The molecule has 0 spiro atoms. The maximum absolute atomic E-state index is 13.1. The molecule has 1 saturated heterocycles. The summed E-state index contributed by atoms with van der Waals surface area (Å²) in [5.74, 6) is -0.959. The number of methoxy groups -OCH3 is 1. The lowest BCUT2D eigenvalue weighted by molar-refractivity contribution is -0.182. The number of nitrogens with zero attached hydrogens (tertiary/aromatic N) is 4. The SMILES string of the molecule is COc1c(C)nc2cc([C@H]3CC[C@H](C(F)(F)F)CC3)nn2c1N1CCC[C@@](C)(C(=O)O)C1. The topological polar surface area (TPSA) is 80.0 Å². The molecule has 0 amide bonds. The van der Waals surface area contributed by atoms with Crippen LogP contribution in [0.2, 0.25) is 0 Å². The summed E-state index contributed by atoms with van der Waals surface area (Å²) >= 11 is 0. The minimum absolute atomic E-state index is 0.0555. The van der Waals surface area contributed by atoms with E-state index in [0.29, 0.717) is 61.7 Å². The Morgan fingerprint density at radius 1 is 1.28 bits per heavy atom. The number of hydrogen-bond donors (Lipinski definition) is 1. The van der Waals surface area contributed by atoms with E-state index < -0.39 is 23.5 Å². The second kappa shape index (κ2) is 8.12. The number of alkyl halides is 3. The first-order valence-corrected chi connectivity index (χ1v) is 11.0. The monoisotopic (exact) mass is 454 g/mol. The molecule has 0 aromatic carbocycles. The molecule has 7 nitrogen and oxygen atoms in total. The van der Waals surface area contributed by atoms with Crippen molar-refractivity contribution >= 4 is 17.4 Å². The number of carboxylic acids is 1. The number of carbonyl (C=O) groups is 1. The number of fused-ring (bicyclic) bond motifs is 1. The number of aliphatic carboxylic acids is 1. The molecular formula is C22H29F3N4O3. The first kappa shape index (κ1) is 22.7. The van der Waals surface area contributed by atoms with Crippen LogP contribution in [0.4, 0.5) is 19.0 Å². The van der Waals surface area contributed by atoms with Crippen molar-refractivity contribution in [1.29, 1.82) is 0 Å². The zero-order valence-corrected chi connectivity index (χ0v) is 18.6. The van der Waals surface area contributed by atoms with Gasteiger partial charge in [-0.25, -0.2) is 4.98 Å². The number of hydrogen-bond acceptors (Lipinski definition) is 5. The van der Waals surface area contributed by atoms with Crippen LogP contribution in [0.5, 0.6) is 5.75 Å². The van der Waals surface area contributed by atoms with E-state index in [-0.39, 0.29) is 18.8 Å². The number of anilines is 1. The molecule has 2 fully saturated rings. The van der Waals surface area contributed by atoms with Crippen molar-refractivity contribution in [1.82, 2.24) is 14.6 Å². The van der Waals surface area contributed by atoms with Gasteiger partial charge in [-0.05, 0) is 52.4 Å². The van der Waals surface area contributed by atoms with Crippen LogP contribution >= 0.6 is 0 Å². The third-order valence-electron chi connectivity index (χ3n) is 7.05. The average Bonchev–Trinajstić information content (AvgIpc) is 3.15. The lowest BCUT2D eigenvalue weighted by Gasteiger charge is -2.39. The van der Waals surface area contributed by atoms with Crippen LogP contribution in [0.1, 0.15) is 62.8 Å². The first-order chi connectivity index (χ1) is 15.0. The molecule has 176 valence electrons. The van der Waals surface area contributed by atoms with Crippen LogP contribution in [0.15, 0.2) is 6.07 Å². The van der Waals surface area contributed by atoms with Crippen molar-refractivity contribution in [3.05, 3.63) is 17.5 Å². The average molecular weight is 454 g/mol. The minimum atomic E-state index is -4.14. The molecule has 1 N–H and O–H groups in total. The maximum Gasteiger partial charge on any atom is 0.391 e. The van der Waals surface area contributed by atoms with E-state index in [9.17, 15) is 23.1 Å². The van der Waals surface area contributed by atoms with Gasteiger partial charge in [-0.15, -0.1) is 0 Å². The number of piperidine rings is 1. The lowest BCUT2D eigenvalue weighted by Crippen LogP contribution is -2.47. The Kier molecular flexibility index (Phi) is 5.75. The third kappa shape index (κ3) is 3.99. The highest BCUT2D eigenvalue weighted by Crippen LogP contribution is 2.43. The molecule has 3 heterocycles. The highest BCUT2D eigenvalue weighted by atomic mass is 19.4. The fourth-order valence-corrected chi connectivity index (χ4v) is 5.13. The van der Waals surface area contributed by atoms with Gasteiger partial charge in [0.1, 0.15) is 0 Å². The second-order valence-electron chi connectivity index (χ2n) is 9.37. The van der Waals surface area contributed by atoms with Gasteiger partial charge in [0.05, 0.1) is 29.8 Å². The van der Waals surface area contributed by atoms with E-state index in [1.54, 1.807) is 18.5 Å². The van der Waals surface area contributed by atoms with Crippen molar-refractivity contribution in [2.75, 3.05) is 25.1 Å². The lowest BCUT2D eigenvalue weighted by atomic mass is 9.80. The molecular weight excluding hydrogens is 425 g/mol. The van der Waals surface area contributed by atoms with Crippen LogP contribution in [0.3, 0.4) is 0 Å². The zero-order valence-electron chi connectivity index (χ0n) is 18.6. The number of aromatic nitrogens is 3. The number of aryl methyl sites for hydroxylation is 1. The predicted molar refractivity (Wildman–Crippen MR) is 112 cm³/mol. The molecule has 0 unspecified atom stereocenters. The number of rotatable bonds is 4. The van der Waals surface area contributed by atoms with Gasteiger partial charge in [0.25, 0.3) is 0 Å². The van der Waals surface area contributed by atoms with Gasteiger partial charge in [0, 0.05) is 25.1 Å². The van der Waals surface area contributed by atoms with Gasteiger partial charge in [0.2, 0.25) is 0 Å². The Hall–Kier alpha value is -2.52. The van der Waals surface area contributed by atoms with E-state index in [4.69, 9.17) is 9.84 Å². The van der Waals surface area contributed by atoms with E-state index in [1.807, 2.05) is 17.9 Å². The summed E-state index contributed by atoms with van der Waals surface area (Å²) in [6.45, 7) is 4.53. The second-order valence-corrected chi connectivity index (χ2v) is 9.37. The molecule has 1 aliphatic carbocycles. The number of ether oxygens (including phenoxy) is 1. The van der Waals surface area contributed by atoms with Crippen LogP contribution in [-0.2, 0) is 4.79 Å². The summed E-state index contributed by atoms with van der Waals surface area (Å²) in [6, 6.07) is 1.84. The first-order valence-electron chi connectivity index (χ1n) is 11.0. The zero-order chi connectivity index (χ0) is 23.3. The summed E-state index contributed by atoms with van der Waals surface area (Å²) in [5.41, 5.74) is 1.09. The molecule has 1 atom stereocenters. The molecule has 1 saturated carbocycles. The van der Waals surface area contributed by atoms with Crippen molar-refractivity contribution in [2.45, 2.75) is 64.5 Å². The fraction of sp³-hybridized carbons (Fsp3) is 0.682. The van der Waals surface area contributed by atoms with Gasteiger partial charge < -0.3 is 14.7 Å². The summed E-state index contributed by atoms with van der Waals surface area (Å²) < 4.78 is 46.5. The molecule has 0 radical (unpaired) electrons. The van der Waals surface area contributed by atoms with Crippen molar-refractivity contribution in [2.24, 2.45) is 11.3 Å². The number of halogens is 3. The Balaban J connectivity index is 1.70. The molecule has 10 heteroatoms. The van der Waals surface area contributed by atoms with Gasteiger partial charge in [-0.1, -0.05) is 0 Å². The molecule has 1 aliphatic heterocycles. The van der Waals surface area contributed by atoms with Crippen molar-refractivity contribution in [3.63, 3.8) is 0 Å². The smallest absolute Gasteiger partial charge is 0.391 e. The van der Waals surface area contributed by atoms with Crippen LogP contribution in [0.25, 0.3) is 5.65 Å². The van der Waals surface area contributed by atoms with Crippen LogP contribution < -0.4 is 9.64 Å². The van der Waals surface area contributed by atoms with Crippen LogP contribution in [0, 0.1) is 18.3 Å². The largest absolute Gasteiger partial charge is 0.491 e. The molecule has 2 aliphatic rings. The summed E-state index contributed by atoms with van der Waals surface area (Å²) in [6.07, 6.45) is -1.78. The molecule has 2 aromatic rings. The predicted octanol–water partition coefficient (Wildman–Crippen LogP) is 4.57. The Bertz CT molecular complexity index is 1010.